The first-order valence-corrected chi connectivity index (χ1v) is 7.36. The lowest BCUT2D eigenvalue weighted by molar-refractivity contribution is 0.351. The predicted molar refractivity (Wildman–Crippen MR) is 80.5 cm³/mol. The van der Waals surface area contributed by atoms with Crippen molar-refractivity contribution >= 4 is 22.9 Å². The molecule has 1 unspecified atom stereocenters. The molecule has 1 aliphatic heterocycles. The fourth-order valence-corrected chi connectivity index (χ4v) is 3.06. The Morgan fingerprint density at radius 1 is 1.30 bits per heavy atom. The SMILES string of the molecule is CC(C)C1CCCN(c2nc(N)nc3nc[nH]c23)CC1. The minimum absolute atomic E-state index is 0.296. The van der Waals surface area contributed by atoms with Crippen molar-refractivity contribution < 1.29 is 0 Å². The van der Waals surface area contributed by atoms with Gasteiger partial charge in [0.25, 0.3) is 0 Å². The number of rotatable bonds is 2. The highest BCUT2D eigenvalue weighted by atomic mass is 15.2. The Bertz CT molecular complexity index is 590. The van der Waals surface area contributed by atoms with Gasteiger partial charge in [-0.25, -0.2) is 4.98 Å². The first-order chi connectivity index (χ1) is 9.65. The number of nitrogen functional groups attached to an aromatic ring is 1. The van der Waals surface area contributed by atoms with Crippen LogP contribution in [0, 0.1) is 11.8 Å². The van der Waals surface area contributed by atoms with Crippen LogP contribution in [0.4, 0.5) is 11.8 Å². The number of aromatic nitrogens is 4. The molecule has 0 amide bonds. The number of hydrogen-bond acceptors (Lipinski definition) is 5. The molecule has 3 rings (SSSR count). The molecule has 6 nitrogen and oxygen atoms in total. The lowest BCUT2D eigenvalue weighted by Gasteiger charge is -2.22. The average Bonchev–Trinajstić information content (AvgIpc) is 2.73. The number of nitrogens with one attached hydrogen (secondary N) is 1. The lowest BCUT2D eigenvalue weighted by Crippen LogP contribution is -2.26. The van der Waals surface area contributed by atoms with Gasteiger partial charge in [-0.2, -0.15) is 9.97 Å². The molecule has 6 heteroatoms. The number of anilines is 2. The third-order valence-corrected chi connectivity index (χ3v) is 4.30. The quantitative estimate of drug-likeness (QED) is 0.877. The Morgan fingerprint density at radius 2 is 2.15 bits per heavy atom. The van der Waals surface area contributed by atoms with E-state index in [2.05, 4.69) is 38.7 Å². The van der Waals surface area contributed by atoms with Crippen molar-refractivity contribution in [3.8, 4) is 0 Å². The monoisotopic (exact) mass is 274 g/mol. The van der Waals surface area contributed by atoms with E-state index in [0.717, 1.165) is 36.3 Å². The molecule has 0 aromatic carbocycles. The second-order valence-electron chi connectivity index (χ2n) is 5.93. The zero-order valence-corrected chi connectivity index (χ0v) is 12.1. The molecule has 1 saturated heterocycles. The molecule has 108 valence electrons. The van der Waals surface area contributed by atoms with Crippen LogP contribution in [0.2, 0.25) is 0 Å². The minimum atomic E-state index is 0.296. The van der Waals surface area contributed by atoms with Crippen molar-refractivity contribution in [2.45, 2.75) is 33.1 Å². The van der Waals surface area contributed by atoms with Gasteiger partial charge in [-0.05, 0) is 31.1 Å². The summed E-state index contributed by atoms with van der Waals surface area (Å²) in [4.78, 5) is 18.2. The summed E-state index contributed by atoms with van der Waals surface area (Å²) in [6.45, 7) is 6.67. The maximum atomic E-state index is 5.80. The van der Waals surface area contributed by atoms with Crippen LogP contribution >= 0.6 is 0 Å². The maximum Gasteiger partial charge on any atom is 0.224 e. The van der Waals surface area contributed by atoms with Crippen LogP contribution in [0.5, 0.6) is 0 Å². The summed E-state index contributed by atoms with van der Waals surface area (Å²) >= 11 is 0. The van der Waals surface area contributed by atoms with Crippen molar-refractivity contribution in [3.63, 3.8) is 0 Å². The number of hydrogen-bond donors (Lipinski definition) is 2. The Hall–Kier alpha value is -1.85. The molecule has 2 aromatic heterocycles. The van der Waals surface area contributed by atoms with Crippen molar-refractivity contribution in [1.82, 2.24) is 19.9 Å². The Labute approximate surface area is 118 Å². The lowest BCUT2D eigenvalue weighted by atomic mass is 9.89. The first kappa shape index (κ1) is 13.1. The van der Waals surface area contributed by atoms with Gasteiger partial charge in [-0.1, -0.05) is 13.8 Å². The van der Waals surface area contributed by atoms with Crippen LogP contribution in [-0.4, -0.2) is 33.0 Å². The van der Waals surface area contributed by atoms with Crippen molar-refractivity contribution in [3.05, 3.63) is 6.33 Å². The van der Waals surface area contributed by atoms with Gasteiger partial charge in [0.2, 0.25) is 5.95 Å². The molecular formula is C14H22N6. The maximum absolute atomic E-state index is 5.80. The molecule has 0 aliphatic carbocycles. The van der Waals surface area contributed by atoms with E-state index in [-0.39, 0.29) is 0 Å². The predicted octanol–water partition coefficient (Wildman–Crippen LogP) is 2.20. The summed E-state index contributed by atoms with van der Waals surface area (Å²) < 4.78 is 0. The van der Waals surface area contributed by atoms with Gasteiger partial charge in [0.05, 0.1) is 6.33 Å². The number of H-pyrrole nitrogens is 1. The van der Waals surface area contributed by atoms with Crippen LogP contribution in [-0.2, 0) is 0 Å². The molecule has 1 atom stereocenters. The number of aromatic amines is 1. The number of fused-ring (bicyclic) bond motifs is 1. The minimum Gasteiger partial charge on any atom is -0.368 e. The van der Waals surface area contributed by atoms with E-state index >= 15 is 0 Å². The first-order valence-electron chi connectivity index (χ1n) is 7.36. The van der Waals surface area contributed by atoms with Crippen LogP contribution < -0.4 is 10.6 Å². The normalized spacial score (nSPS) is 20.6. The van der Waals surface area contributed by atoms with Gasteiger partial charge in [-0.3, -0.25) is 0 Å². The second-order valence-corrected chi connectivity index (χ2v) is 5.93. The molecular weight excluding hydrogens is 252 g/mol. The zero-order chi connectivity index (χ0) is 14.1. The van der Waals surface area contributed by atoms with E-state index in [9.17, 15) is 0 Å². The summed E-state index contributed by atoms with van der Waals surface area (Å²) in [5.41, 5.74) is 7.34. The van der Waals surface area contributed by atoms with E-state index < -0.39 is 0 Å². The van der Waals surface area contributed by atoms with Crippen molar-refractivity contribution in [2.75, 3.05) is 23.7 Å². The Kier molecular flexibility index (Phi) is 3.46. The average molecular weight is 274 g/mol. The van der Waals surface area contributed by atoms with Crippen LogP contribution in [0.15, 0.2) is 6.33 Å². The molecule has 0 radical (unpaired) electrons. The molecule has 0 saturated carbocycles. The smallest absolute Gasteiger partial charge is 0.224 e. The standard InChI is InChI=1S/C14H22N6/c1-9(2)10-4-3-6-20(7-5-10)13-11-12(17-8-16-11)18-14(15)19-13/h8-10H,3-7H2,1-2H3,(H3,15,16,17,18,19). The van der Waals surface area contributed by atoms with Gasteiger partial charge in [0.1, 0.15) is 5.52 Å². The fraction of sp³-hybridized carbons (Fsp3) is 0.643. The number of imidazole rings is 1. The summed E-state index contributed by atoms with van der Waals surface area (Å²) in [7, 11) is 0. The van der Waals surface area contributed by atoms with E-state index in [0.29, 0.717) is 11.6 Å². The largest absolute Gasteiger partial charge is 0.368 e. The fourth-order valence-electron chi connectivity index (χ4n) is 3.06. The van der Waals surface area contributed by atoms with Crippen molar-refractivity contribution in [1.29, 1.82) is 0 Å². The van der Waals surface area contributed by atoms with Crippen molar-refractivity contribution in [2.24, 2.45) is 11.8 Å². The third-order valence-electron chi connectivity index (χ3n) is 4.30. The molecule has 2 aromatic rings. The second kappa shape index (κ2) is 5.26. The summed E-state index contributed by atoms with van der Waals surface area (Å²) in [5, 5.41) is 0. The summed E-state index contributed by atoms with van der Waals surface area (Å²) in [6, 6.07) is 0. The molecule has 0 bridgehead atoms. The van der Waals surface area contributed by atoms with Crippen LogP contribution in [0.25, 0.3) is 11.2 Å². The summed E-state index contributed by atoms with van der Waals surface area (Å²) in [5.74, 6) is 2.74. The summed E-state index contributed by atoms with van der Waals surface area (Å²) in [6.07, 6.45) is 5.34. The Morgan fingerprint density at radius 3 is 2.95 bits per heavy atom. The Balaban J connectivity index is 1.89. The molecule has 0 spiro atoms. The van der Waals surface area contributed by atoms with Crippen LogP contribution in [0.3, 0.4) is 0 Å². The number of nitrogens with two attached hydrogens (primary N) is 1. The van der Waals surface area contributed by atoms with E-state index in [4.69, 9.17) is 5.73 Å². The zero-order valence-electron chi connectivity index (χ0n) is 12.1. The highest BCUT2D eigenvalue weighted by Gasteiger charge is 2.22. The van der Waals surface area contributed by atoms with Crippen LogP contribution in [0.1, 0.15) is 33.1 Å². The van der Waals surface area contributed by atoms with E-state index in [1.165, 1.54) is 19.3 Å². The number of nitrogens with zero attached hydrogens (tertiary/aromatic N) is 4. The van der Waals surface area contributed by atoms with Gasteiger partial charge in [-0.15, -0.1) is 0 Å². The van der Waals surface area contributed by atoms with Gasteiger partial charge in [0, 0.05) is 13.1 Å². The van der Waals surface area contributed by atoms with Gasteiger partial charge < -0.3 is 15.6 Å². The molecule has 3 heterocycles. The highest BCUT2D eigenvalue weighted by molar-refractivity contribution is 5.84. The molecule has 3 N–H and O–H groups in total. The third kappa shape index (κ3) is 2.42. The topological polar surface area (TPSA) is 83.7 Å². The molecule has 1 aliphatic rings. The molecule has 20 heavy (non-hydrogen) atoms. The molecule has 1 fully saturated rings. The highest BCUT2D eigenvalue weighted by Crippen LogP contribution is 2.29. The van der Waals surface area contributed by atoms with E-state index in [1.807, 2.05) is 0 Å². The van der Waals surface area contributed by atoms with Gasteiger partial charge >= 0.3 is 0 Å². The van der Waals surface area contributed by atoms with Gasteiger partial charge in [0.15, 0.2) is 11.5 Å². The van der Waals surface area contributed by atoms with E-state index in [1.54, 1.807) is 6.33 Å².